The van der Waals surface area contributed by atoms with Gasteiger partial charge in [-0.05, 0) is 43.2 Å². The van der Waals surface area contributed by atoms with E-state index in [2.05, 4.69) is 4.98 Å². The molecule has 0 amide bonds. The van der Waals surface area contributed by atoms with Gasteiger partial charge in [0.2, 0.25) is 0 Å². The van der Waals surface area contributed by atoms with E-state index in [0.29, 0.717) is 45.3 Å². The third kappa shape index (κ3) is 5.01. The molecular weight excluding hydrogens is 354 g/mol. The van der Waals surface area contributed by atoms with Crippen molar-refractivity contribution in [3.05, 3.63) is 30.1 Å². The zero-order valence-electron chi connectivity index (χ0n) is 15.4. The molecule has 8 heteroatoms. The number of methoxy groups -OCH3 is 1. The fraction of sp³-hybridized carbons (Fsp3) is 0.722. The Bertz CT molecular complexity index is 646. The maximum absolute atomic E-state index is 12.9. The Hall–Kier alpha value is -1.06. The van der Waals surface area contributed by atoms with Crippen molar-refractivity contribution in [2.45, 2.75) is 38.4 Å². The monoisotopic (exact) mass is 383 g/mol. The largest absolute Gasteiger partial charge is 0.384 e. The number of rotatable bonds is 7. The van der Waals surface area contributed by atoms with Gasteiger partial charge in [0.25, 0.3) is 10.2 Å². The number of hydrogen-bond donors (Lipinski definition) is 0. The molecule has 7 nitrogen and oxygen atoms in total. The van der Waals surface area contributed by atoms with Crippen LogP contribution in [0, 0.1) is 5.92 Å². The van der Waals surface area contributed by atoms with Crippen molar-refractivity contribution in [1.82, 2.24) is 13.6 Å². The Kier molecular flexibility index (Phi) is 6.99. The SMILES string of the molecule is COCC1CCCN(S(=O)(=O)N2CCC(OCc3cccnc3)CC2)C1. The molecule has 2 aliphatic heterocycles. The van der Waals surface area contributed by atoms with Gasteiger partial charge in [-0.1, -0.05) is 6.07 Å². The fourth-order valence-electron chi connectivity index (χ4n) is 3.70. The minimum atomic E-state index is -3.38. The topological polar surface area (TPSA) is 72.0 Å². The second-order valence-electron chi connectivity index (χ2n) is 7.10. The van der Waals surface area contributed by atoms with Gasteiger partial charge in [0, 0.05) is 45.7 Å². The molecule has 1 atom stereocenters. The molecule has 2 fully saturated rings. The molecule has 0 aromatic carbocycles. The van der Waals surface area contributed by atoms with Crippen LogP contribution in [0.25, 0.3) is 0 Å². The highest BCUT2D eigenvalue weighted by Crippen LogP contribution is 2.24. The predicted octanol–water partition coefficient (Wildman–Crippen LogP) is 1.67. The van der Waals surface area contributed by atoms with Crippen molar-refractivity contribution in [3.63, 3.8) is 0 Å². The molecule has 2 saturated heterocycles. The first-order valence-electron chi connectivity index (χ1n) is 9.34. The van der Waals surface area contributed by atoms with E-state index in [-0.39, 0.29) is 6.10 Å². The number of hydrogen-bond acceptors (Lipinski definition) is 5. The molecule has 0 spiro atoms. The summed E-state index contributed by atoms with van der Waals surface area (Å²) in [5, 5.41) is 0. The van der Waals surface area contributed by atoms with Gasteiger partial charge in [-0.25, -0.2) is 0 Å². The van der Waals surface area contributed by atoms with Crippen molar-refractivity contribution >= 4 is 10.2 Å². The highest BCUT2D eigenvalue weighted by Gasteiger charge is 2.35. The smallest absolute Gasteiger partial charge is 0.281 e. The lowest BCUT2D eigenvalue weighted by atomic mass is 10.0. The lowest BCUT2D eigenvalue weighted by molar-refractivity contribution is 0.00900. The van der Waals surface area contributed by atoms with E-state index in [1.807, 2.05) is 12.1 Å². The van der Waals surface area contributed by atoms with E-state index in [1.54, 1.807) is 28.1 Å². The summed E-state index contributed by atoms with van der Waals surface area (Å²) in [4.78, 5) is 4.08. The Labute approximate surface area is 156 Å². The summed E-state index contributed by atoms with van der Waals surface area (Å²) in [6, 6.07) is 3.88. The molecule has 3 heterocycles. The van der Waals surface area contributed by atoms with Crippen LogP contribution in [-0.2, 0) is 26.3 Å². The number of nitrogens with zero attached hydrogens (tertiary/aromatic N) is 3. The van der Waals surface area contributed by atoms with Gasteiger partial charge < -0.3 is 9.47 Å². The van der Waals surface area contributed by atoms with Gasteiger partial charge >= 0.3 is 0 Å². The van der Waals surface area contributed by atoms with Gasteiger partial charge in [-0.15, -0.1) is 0 Å². The molecule has 146 valence electrons. The number of pyridine rings is 1. The second kappa shape index (κ2) is 9.23. The zero-order chi connectivity index (χ0) is 18.4. The van der Waals surface area contributed by atoms with Crippen molar-refractivity contribution in [3.8, 4) is 0 Å². The van der Waals surface area contributed by atoms with Crippen molar-refractivity contribution < 1.29 is 17.9 Å². The Morgan fingerprint density at radius 2 is 2.00 bits per heavy atom. The minimum Gasteiger partial charge on any atom is -0.384 e. The van der Waals surface area contributed by atoms with Crippen LogP contribution >= 0.6 is 0 Å². The van der Waals surface area contributed by atoms with Crippen molar-refractivity contribution in [1.29, 1.82) is 0 Å². The van der Waals surface area contributed by atoms with E-state index in [4.69, 9.17) is 9.47 Å². The second-order valence-corrected chi connectivity index (χ2v) is 9.03. The molecule has 0 aliphatic carbocycles. The Morgan fingerprint density at radius 3 is 2.69 bits per heavy atom. The standard InChI is InChI=1S/C18H29N3O4S/c1-24-14-17-5-3-9-21(13-17)26(22,23)20-10-6-18(7-11-20)25-15-16-4-2-8-19-12-16/h2,4,8,12,17-18H,3,5-7,9-11,13-15H2,1H3. The molecule has 0 saturated carbocycles. The summed E-state index contributed by atoms with van der Waals surface area (Å²) >= 11 is 0. The van der Waals surface area contributed by atoms with Crippen LogP contribution in [0.3, 0.4) is 0 Å². The van der Waals surface area contributed by atoms with Crippen LogP contribution < -0.4 is 0 Å². The molecule has 2 aliphatic rings. The highest BCUT2D eigenvalue weighted by molar-refractivity contribution is 7.86. The Morgan fingerprint density at radius 1 is 1.19 bits per heavy atom. The number of aromatic nitrogens is 1. The van der Waals surface area contributed by atoms with Crippen LogP contribution in [-0.4, -0.2) is 68.0 Å². The molecule has 1 aromatic rings. The molecule has 26 heavy (non-hydrogen) atoms. The lowest BCUT2D eigenvalue weighted by Crippen LogP contribution is -2.51. The summed E-state index contributed by atoms with van der Waals surface area (Å²) < 4.78 is 40.3. The van der Waals surface area contributed by atoms with Crippen LogP contribution in [0.2, 0.25) is 0 Å². The molecule has 0 N–H and O–H groups in total. The number of ether oxygens (including phenoxy) is 2. The quantitative estimate of drug-likeness (QED) is 0.716. The van der Waals surface area contributed by atoms with E-state index in [1.165, 1.54) is 0 Å². The van der Waals surface area contributed by atoms with E-state index >= 15 is 0 Å². The van der Waals surface area contributed by atoms with Gasteiger partial charge in [-0.2, -0.15) is 17.0 Å². The molecule has 1 unspecified atom stereocenters. The van der Waals surface area contributed by atoms with Crippen molar-refractivity contribution in [2.75, 3.05) is 39.9 Å². The summed E-state index contributed by atoms with van der Waals surface area (Å²) in [5.74, 6) is 0.295. The predicted molar refractivity (Wildman–Crippen MR) is 98.7 cm³/mol. The van der Waals surface area contributed by atoms with Gasteiger partial charge in [-0.3, -0.25) is 4.98 Å². The average molecular weight is 384 g/mol. The summed E-state index contributed by atoms with van der Waals surface area (Å²) in [6.45, 7) is 3.36. The first-order valence-corrected chi connectivity index (χ1v) is 10.7. The summed E-state index contributed by atoms with van der Waals surface area (Å²) in [5.41, 5.74) is 1.04. The molecule has 1 aromatic heterocycles. The molecule has 3 rings (SSSR count). The molecule has 0 bridgehead atoms. The highest BCUT2D eigenvalue weighted by atomic mass is 32.2. The van der Waals surface area contributed by atoms with Gasteiger partial charge in [0.1, 0.15) is 0 Å². The first kappa shape index (κ1) is 19.7. The van der Waals surface area contributed by atoms with Crippen LogP contribution in [0.4, 0.5) is 0 Å². The summed E-state index contributed by atoms with van der Waals surface area (Å²) in [7, 11) is -1.71. The van der Waals surface area contributed by atoms with E-state index < -0.39 is 10.2 Å². The van der Waals surface area contributed by atoms with Gasteiger partial charge in [0.15, 0.2) is 0 Å². The van der Waals surface area contributed by atoms with Gasteiger partial charge in [0.05, 0.1) is 19.3 Å². The normalized spacial score (nSPS) is 24.0. The average Bonchev–Trinajstić information content (AvgIpc) is 2.68. The lowest BCUT2D eigenvalue weighted by Gasteiger charge is -2.38. The zero-order valence-corrected chi connectivity index (χ0v) is 16.2. The number of piperidine rings is 2. The van der Waals surface area contributed by atoms with E-state index in [0.717, 1.165) is 31.2 Å². The third-order valence-corrected chi connectivity index (χ3v) is 7.15. The van der Waals surface area contributed by atoms with Crippen molar-refractivity contribution in [2.24, 2.45) is 5.92 Å². The first-order chi connectivity index (χ1) is 12.6. The molecular formula is C18H29N3O4S. The van der Waals surface area contributed by atoms with Crippen LogP contribution in [0.15, 0.2) is 24.5 Å². The Balaban J connectivity index is 1.48. The third-order valence-electron chi connectivity index (χ3n) is 5.15. The molecule has 0 radical (unpaired) electrons. The maximum Gasteiger partial charge on any atom is 0.281 e. The van der Waals surface area contributed by atoms with Crippen LogP contribution in [0.1, 0.15) is 31.2 Å². The minimum absolute atomic E-state index is 0.101. The fourth-order valence-corrected chi connectivity index (χ4v) is 5.46. The van der Waals surface area contributed by atoms with E-state index in [9.17, 15) is 8.42 Å². The summed E-state index contributed by atoms with van der Waals surface area (Å²) in [6.07, 6.45) is 7.03. The van der Waals surface area contributed by atoms with Crippen LogP contribution in [0.5, 0.6) is 0 Å². The maximum atomic E-state index is 12.9.